The Morgan fingerprint density at radius 3 is 2.43 bits per heavy atom. The molecule has 8 heteroatoms. The molecule has 0 bridgehead atoms. The van der Waals surface area contributed by atoms with Crippen LogP contribution in [0.15, 0.2) is 48.5 Å². The zero-order valence-electron chi connectivity index (χ0n) is 15.6. The lowest BCUT2D eigenvalue weighted by Gasteiger charge is -2.17. The second-order valence-corrected chi connectivity index (χ2v) is 5.81. The molecule has 1 N–H and O–H groups in total. The topological polar surface area (TPSA) is 84.9 Å². The fourth-order valence-electron chi connectivity index (χ4n) is 2.27. The van der Waals surface area contributed by atoms with Crippen molar-refractivity contribution in [3.05, 3.63) is 59.9 Å². The molecule has 0 aliphatic heterocycles. The lowest BCUT2D eigenvalue weighted by atomic mass is 10.2. The van der Waals surface area contributed by atoms with E-state index in [1.54, 1.807) is 25.1 Å². The number of hydrogen-bond acceptors (Lipinski definition) is 5. The van der Waals surface area contributed by atoms with Gasteiger partial charge in [0.05, 0.1) is 13.2 Å². The molecule has 28 heavy (non-hydrogen) atoms. The van der Waals surface area contributed by atoms with E-state index in [4.69, 9.17) is 9.47 Å². The van der Waals surface area contributed by atoms with Crippen LogP contribution in [0.25, 0.3) is 0 Å². The third kappa shape index (κ3) is 6.08. The van der Waals surface area contributed by atoms with Gasteiger partial charge in [-0.05, 0) is 43.3 Å². The van der Waals surface area contributed by atoms with Crippen LogP contribution >= 0.6 is 0 Å². The monoisotopic (exact) mass is 388 g/mol. The first-order chi connectivity index (χ1) is 13.4. The molecule has 0 saturated carbocycles. The van der Waals surface area contributed by atoms with Crippen LogP contribution in [0.5, 0.6) is 5.75 Å². The van der Waals surface area contributed by atoms with E-state index in [1.165, 1.54) is 37.4 Å². The number of carbonyl (C=O) groups is 3. The standard InChI is InChI=1S/C20H21FN2O5/c1-3-27-17-7-5-4-6-16(17)20(26)28-13-19(25)23(2)12-18(24)22-15-10-8-14(21)9-11-15/h4-11H,3,12-13H2,1-2H3,(H,22,24). The summed E-state index contributed by atoms with van der Waals surface area (Å²) < 4.78 is 23.2. The SMILES string of the molecule is CCOc1ccccc1C(=O)OCC(=O)N(C)CC(=O)Nc1ccc(F)cc1. The molecular weight excluding hydrogens is 367 g/mol. The Balaban J connectivity index is 1.84. The van der Waals surface area contributed by atoms with Gasteiger partial charge < -0.3 is 19.7 Å². The normalized spacial score (nSPS) is 10.1. The summed E-state index contributed by atoms with van der Waals surface area (Å²) in [6, 6.07) is 11.8. The average molecular weight is 388 g/mol. The third-order valence-electron chi connectivity index (χ3n) is 3.67. The predicted molar refractivity (Wildman–Crippen MR) is 101 cm³/mol. The highest BCUT2D eigenvalue weighted by Crippen LogP contribution is 2.18. The van der Waals surface area contributed by atoms with Crippen molar-refractivity contribution in [2.45, 2.75) is 6.92 Å². The van der Waals surface area contributed by atoms with E-state index >= 15 is 0 Å². The van der Waals surface area contributed by atoms with Crippen LogP contribution in [-0.4, -0.2) is 49.5 Å². The molecule has 148 valence electrons. The van der Waals surface area contributed by atoms with Crippen molar-refractivity contribution in [1.29, 1.82) is 0 Å². The third-order valence-corrected chi connectivity index (χ3v) is 3.67. The number of anilines is 1. The van der Waals surface area contributed by atoms with Gasteiger partial charge in [0.1, 0.15) is 17.1 Å². The number of benzene rings is 2. The van der Waals surface area contributed by atoms with Crippen molar-refractivity contribution in [3.8, 4) is 5.75 Å². The van der Waals surface area contributed by atoms with Crippen molar-refractivity contribution in [2.24, 2.45) is 0 Å². The Kier molecular flexibility index (Phi) is 7.50. The first-order valence-corrected chi connectivity index (χ1v) is 8.59. The Morgan fingerprint density at radius 2 is 1.75 bits per heavy atom. The van der Waals surface area contributed by atoms with Gasteiger partial charge in [0.2, 0.25) is 5.91 Å². The average Bonchev–Trinajstić information content (AvgIpc) is 2.68. The van der Waals surface area contributed by atoms with Gasteiger partial charge in [-0.2, -0.15) is 0 Å². The number of halogens is 1. The van der Waals surface area contributed by atoms with E-state index in [2.05, 4.69) is 5.32 Å². The highest BCUT2D eigenvalue weighted by Gasteiger charge is 2.18. The maximum atomic E-state index is 12.9. The summed E-state index contributed by atoms with van der Waals surface area (Å²) in [6.45, 7) is 1.41. The minimum atomic E-state index is -0.693. The van der Waals surface area contributed by atoms with E-state index in [-0.39, 0.29) is 12.1 Å². The fourth-order valence-corrected chi connectivity index (χ4v) is 2.27. The summed E-state index contributed by atoms with van der Waals surface area (Å²) >= 11 is 0. The van der Waals surface area contributed by atoms with E-state index in [1.807, 2.05) is 0 Å². The zero-order chi connectivity index (χ0) is 20.5. The maximum absolute atomic E-state index is 12.9. The molecule has 0 spiro atoms. The molecule has 7 nitrogen and oxygen atoms in total. The number of ether oxygens (including phenoxy) is 2. The Hall–Kier alpha value is -3.42. The molecule has 0 aromatic heterocycles. The number of hydrogen-bond donors (Lipinski definition) is 1. The molecular formula is C20H21FN2O5. The van der Waals surface area contributed by atoms with Crippen molar-refractivity contribution < 1.29 is 28.2 Å². The number of rotatable bonds is 8. The Morgan fingerprint density at radius 1 is 1.07 bits per heavy atom. The summed E-state index contributed by atoms with van der Waals surface area (Å²) in [4.78, 5) is 37.4. The second-order valence-electron chi connectivity index (χ2n) is 5.81. The van der Waals surface area contributed by atoms with E-state index < -0.39 is 30.2 Å². The first kappa shape index (κ1) is 20.9. The van der Waals surface area contributed by atoms with Gasteiger partial charge in [-0.25, -0.2) is 9.18 Å². The smallest absolute Gasteiger partial charge is 0.342 e. The van der Waals surface area contributed by atoms with Gasteiger partial charge in [0.25, 0.3) is 5.91 Å². The van der Waals surface area contributed by atoms with Crippen molar-refractivity contribution in [2.75, 3.05) is 32.1 Å². The van der Waals surface area contributed by atoms with Crippen LogP contribution in [0.4, 0.5) is 10.1 Å². The molecule has 2 aromatic rings. The maximum Gasteiger partial charge on any atom is 0.342 e. The van der Waals surface area contributed by atoms with Crippen molar-refractivity contribution in [3.63, 3.8) is 0 Å². The molecule has 0 saturated heterocycles. The summed E-state index contributed by atoms with van der Waals surface area (Å²) in [7, 11) is 1.41. The van der Waals surface area contributed by atoms with Crippen molar-refractivity contribution >= 4 is 23.5 Å². The highest BCUT2D eigenvalue weighted by molar-refractivity contribution is 5.96. The largest absolute Gasteiger partial charge is 0.493 e. The molecule has 0 fully saturated rings. The number of para-hydroxylation sites is 1. The summed E-state index contributed by atoms with van der Waals surface area (Å²) in [5.41, 5.74) is 0.625. The number of nitrogens with one attached hydrogen (secondary N) is 1. The number of esters is 1. The molecule has 0 aliphatic carbocycles. The van der Waals surface area contributed by atoms with Gasteiger partial charge in [-0.15, -0.1) is 0 Å². The number of carbonyl (C=O) groups excluding carboxylic acids is 3. The first-order valence-electron chi connectivity index (χ1n) is 8.59. The van der Waals surface area contributed by atoms with Gasteiger partial charge in [-0.1, -0.05) is 12.1 Å². The van der Waals surface area contributed by atoms with E-state index in [9.17, 15) is 18.8 Å². The minimum Gasteiger partial charge on any atom is -0.493 e. The molecule has 0 heterocycles. The summed E-state index contributed by atoms with van der Waals surface area (Å²) in [5.74, 6) is -1.75. The molecule has 0 atom stereocenters. The predicted octanol–water partition coefficient (Wildman–Crippen LogP) is 2.48. The van der Waals surface area contributed by atoms with Crippen LogP contribution in [-0.2, 0) is 14.3 Å². The van der Waals surface area contributed by atoms with Gasteiger partial charge in [0, 0.05) is 12.7 Å². The Bertz CT molecular complexity index is 839. The number of amides is 2. The zero-order valence-corrected chi connectivity index (χ0v) is 15.6. The summed E-state index contributed by atoms with van der Waals surface area (Å²) in [5, 5.41) is 2.54. The highest BCUT2D eigenvalue weighted by atomic mass is 19.1. The number of likely N-dealkylation sites (N-methyl/N-ethyl adjacent to an activating group) is 1. The van der Waals surface area contributed by atoms with E-state index in [0.29, 0.717) is 18.0 Å². The van der Waals surface area contributed by atoms with Crippen LogP contribution < -0.4 is 10.1 Å². The van der Waals surface area contributed by atoms with Crippen LogP contribution in [0.3, 0.4) is 0 Å². The summed E-state index contributed by atoms with van der Waals surface area (Å²) in [6.07, 6.45) is 0. The van der Waals surface area contributed by atoms with E-state index in [0.717, 1.165) is 4.90 Å². The molecule has 0 aliphatic rings. The van der Waals surface area contributed by atoms with Gasteiger partial charge in [0.15, 0.2) is 6.61 Å². The molecule has 0 radical (unpaired) electrons. The molecule has 2 rings (SSSR count). The van der Waals surface area contributed by atoms with Crippen LogP contribution in [0, 0.1) is 5.82 Å². The quantitative estimate of drug-likeness (QED) is 0.703. The van der Waals surface area contributed by atoms with Crippen LogP contribution in [0.2, 0.25) is 0 Å². The second kappa shape index (κ2) is 10.1. The van der Waals surface area contributed by atoms with Gasteiger partial charge >= 0.3 is 5.97 Å². The van der Waals surface area contributed by atoms with Crippen molar-refractivity contribution in [1.82, 2.24) is 4.90 Å². The lowest BCUT2D eigenvalue weighted by Crippen LogP contribution is -2.37. The molecule has 2 amide bonds. The number of nitrogens with zero attached hydrogens (tertiary/aromatic N) is 1. The van der Waals surface area contributed by atoms with Gasteiger partial charge in [-0.3, -0.25) is 9.59 Å². The lowest BCUT2D eigenvalue weighted by molar-refractivity contribution is -0.136. The molecule has 2 aromatic carbocycles. The minimum absolute atomic E-state index is 0.217. The molecule has 0 unspecified atom stereocenters. The Labute approximate surface area is 162 Å². The fraction of sp³-hybridized carbons (Fsp3) is 0.250. The van der Waals surface area contributed by atoms with Crippen LogP contribution in [0.1, 0.15) is 17.3 Å².